The molecule has 2 aliphatic heterocycles. The summed E-state index contributed by atoms with van der Waals surface area (Å²) in [6, 6.07) is 5.32. The van der Waals surface area contributed by atoms with E-state index < -0.39 is 0 Å². The van der Waals surface area contributed by atoms with E-state index in [-0.39, 0.29) is 17.6 Å². The van der Waals surface area contributed by atoms with Crippen LogP contribution in [-0.2, 0) is 17.7 Å². The van der Waals surface area contributed by atoms with E-state index in [9.17, 15) is 9.59 Å². The van der Waals surface area contributed by atoms with E-state index in [4.69, 9.17) is 9.72 Å². The predicted molar refractivity (Wildman–Crippen MR) is 109 cm³/mol. The molecule has 6 heteroatoms. The molecule has 6 nitrogen and oxygen atoms in total. The molecule has 0 unspecified atom stereocenters. The first kappa shape index (κ1) is 19.1. The first-order chi connectivity index (χ1) is 13.7. The number of carbonyl (C=O) groups excluding carboxylic acids is 1. The maximum Gasteiger partial charge on any atom is 0.261 e. The van der Waals surface area contributed by atoms with Crippen molar-refractivity contribution in [2.24, 2.45) is 0 Å². The van der Waals surface area contributed by atoms with Gasteiger partial charge in [0.1, 0.15) is 5.82 Å². The summed E-state index contributed by atoms with van der Waals surface area (Å²) in [6.07, 6.45) is 7.44. The van der Waals surface area contributed by atoms with E-state index in [1.165, 1.54) is 6.42 Å². The van der Waals surface area contributed by atoms with Gasteiger partial charge in [-0.3, -0.25) is 14.2 Å². The molecule has 0 aliphatic carbocycles. The summed E-state index contributed by atoms with van der Waals surface area (Å²) in [6.45, 7) is 4.76. The first-order valence-electron chi connectivity index (χ1n) is 10.6. The third kappa shape index (κ3) is 3.83. The predicted octanol–water partition coefficient (Wildman–Crippen LogP) is 3.15. The van der Waals surface area contributed by atoms with Gasteiger partial charge in [0.15, 0.2) is 0 Å². The normalized spacial score (nSPS) is 19.8. The van der Waals surface area contributed by atoms with Gasteiger partial charge in [-0.05, 0) is 50.8 Å². The number of ether oxygens (including phenoxy) is 1. The molecule has 0 N–H and O–H groups in total. The SMILES string of the molecule is CCN(C[C@@H]1CCCO1)C(=O)c1ccc2c(=O)n3c(nc2c1)CCCCCC3. The minimum atomic E-state index is -0.0199. The lowest BCUT2D eigenvalue weighted by atomic mass is 10.1. The second-order valence-electron chi connectivity index (χ2n) is 7.86. The Balaban J connectivity index is 1.65. The van der Waals surface area contributed by atoms with Crippen LogP contribution in [0.2, 0.25) is 0 Å². The second-order valence-corrected chi connectivity index (χ2v) is 7.86. The molecule has 1 amide bonds. The number of aryl methyl sites for hydroxylation is 1. The number of fused-ring (bicyclic) bond motifs is 2. The van der Waals surface area contributed by atoms with Gasteiger partial charge in [-0.15, -0.1) is 0 Å². The van der Waals surface area contributed by atoms with Crippen molar-refractivity contribution in [1.82, 2.24) is 14.5 Å². The number of hydrogen-bond acceptors (Lipinski definition) is 4. The largest absolute Gasteiger partial charge is 0.376 e. The first-order valence-corrected chi connectivity index (χ1v) is 10.6. The lowest BCUT2D eigenvalue weighted by Gasteiger charge is -2.24. The van der Waals surface area contributed by atoms with Crippen LogP contribution < -0.4 is 5.56 Å². The van der Waals surface area contributed by atoms with Crippen LogP contribution in [0.3, 0.4) is 0 Å². The summed E-state index contributed by atoms with van der Waals surface area (Å²) in [5, 5.41) is 0.600. The van der Waals surface area contributed by atoms with Crippen molar-refractivity contribution in [3.8, 4) is 0 Å². The van der Waals surface area contributed by atoms with E-state index >= 15 is 0 Å². The number of hydrogen-bond donors (Lipinski definition) is 0. The van der Waals surface area contributed by atoms with Crippen molar-refractivity contribution in [1.29, 1.82) is 0 Å². The number of amides is 1. The lowest BCUT2D eigenvalue weighted by Crippen LogP contribution is -2.37. The van der Waals surface area contributed by atoms with Crippen LogP contribution in [0.5, 0.6) is 0 Å². The molecular weight excluding hydrogens is 354 g/mol. The topological polar surface area (TPSA) is 64.4 Å². The number of benzene rings is 1. The van der Waals surface area contributed by atoms with E-state index in [0.29, 0.717) is 29.6 Å². The fourth-order valence-corrected chi connectivity index (χ4v) is 4.30. The van der Waals surface area contributed by atoms with Gasteiger partial charge in [-0.1, -0.05) is 12.8 Å². The van der Waals surface area contributed by atoms with Crippen molar-refractivity contribution in [3.63, 3.8) is 0 Å². The molecule has 1 saturated heterocycles. The number of carbonyl (C=O) groups is 1. The minimum absolute atomic E-state index is 0.0199. The summed E-state index contributed by atoms with van der Waals surface area (Å²) in [7, 11) is 0. The van der Waals surface area contributed by atoms with Gasteiger partial charge in [0.2, 0.25) is 0 Å². The van der Waals surface area contributed by atoms with Crippen LogP contribution in [0.25, 0.3) is 10.9 Å². The highest BCUT2D eigenvalue weighted by Crippen LogP contribution is 2.19. The fraction of sp³-hybridized carbons (Fsp3) is 0.591. The molecule has 0 spiro atoms. The molecule has 150 valence electrons. The van der Waals surface area contributed by atoms with Crippen molar-refractivity contribution in [2.75, 3.05) is 19.7 Å². The summed E-state index contributed by atoms with van der Waals surface area (Å²) in [4.78, 5) is 32.6. The number of rotatable bonds is 4. The molecule has 2 aromatic rings. The Morgan fingerprint density at radius 1 is 1.25 bits per heavy atom. The van der Waals surface area contributed by atoms with Gasteiger partial charge < -0.3 is 9.64 Å². The Labute approximate surface area is 165 Å². The highest BCUT2D eigenvalue weighted by Gasteiger charge is 2.23. The average Bonchev–Trinajstić information content (AvgIpc) is 3.20. The van der Waals surface area contributed by atoms with Gasteiger partial charge in [0, 0.05) is 38.2 Å². The Kier molecular flexibility index (Phi) is 5.76. The van der Waals surface area contributed by atoms with Crippen molar-refractivity contribution in [3.05, 3.63) is 39.9 Å². The quantitative estimate of drug-likeness (QED) is 0.814. The molecule has 0 saturated carbocycles. The highest BCUT2D eigenvalue weighted by atomic mass is 16.5. The highest BCUT2D eigenvalue weighted by molar-refractivity contribution is 5.97. The van der Waals surface area contributed by atoms with E-state index in [1.54, 1.807) is 18.2 Å². The lowest BCUT2D eigenvalue weighted by molar-refractivity contribution is 0.0539. The zero-order valence-corrected chi connectivity index (χ0v) is 16.7. The van der Waals surface area contributed by atoms with Gasteiger partial charge in [-0.2, -0.15) is 0 Å². The summed E-state index contributed by atoms with van der Waals surface area (Å²) in [5.74, 6) is 0.835. The molecule has 1 fully saturated rings. The maximum absolute atomic E-state index is 13.0. The Morgan fingerprint density at radius 3 is 2.89 bits per heavy atom. The van der Waals surface area contributed by atoms with Crippen LogP contribution in [-0.4, -0.2) is 46.2 Å². The molecule has 1 atom stereocenters. The zero-order valence-electron chi connectivity index (χ0n) is 16.7. The average molecular weight is 383 g/mol. The van der Waals surface area contributed by atoms with Crippen LogP contribution >= 0.6 is 0 Å². The molecular formula is C22H29N3O3. The minimum Gasteiger partial charge on any atom is -0.376 e. The molecule has 2 aliphatic rings. The Hall–Kier alpha value is -2.21. The van der Waals surface area contributed by atoms with E-state index in [1.807, 2.05) is 16.4 Å². The Morgan fingerprint density at radius 2 is 2.11 bits per heavy atom. The summed E-state index contributed by atoms with van der Waals surface area (Å²) < 4.78 is 7.52. The van der Waals surface area contributed by atoms with Gasteiger partial charge in [0.25, 0.3) is 11.5 Å². The smallest absolute Gasteiger partial charge is 0.261 e. The van der Waals surface area contributed by atoms with Gasteiger partial charge in [0.05, 0.1) is 17.0 Å². The molecule has 0 radical (unpaired) electrons. The number of aromatic nitrogens is 2. The monoisotopic (exact) mass is 383 g/mol. The van der Waals surface area contributed by atoms with E-state index in [0.717, 1.165) is 57.5 Å². The van der Waals surface area contributed by atoms with Gasteiger partial charge >= 0.3 is 0 Å². The molecule has 3 heterocycles. The van der Waals surface area contributed by atoms with Crippen LogP contribution in [0.15, 0.2) is 23.0 Å². The maximum atomic E-state index is 13.0. The molecule has 0 bridgehead atoms. The third-order valence-corrected chi connectivity index (χ3v) is 5.93. The second kappa shape index (κ2) is 8.43. The van der Waals surface area contributed by atoms with Crippen molar-refractivity contribution < 1.29 is 9.53 Å². The molecule has 1 aromatic carbocycles. The number of nitrogens with zero attached hydrogens (tertiary/aromatic N) is 3. The van der Waals surface area contributed by atoms with Crippen LogP contribution in [0.4, 0.5) is 0 Å². The fourth-order valence-electron chi connectivity index (χ4n) is 4.30. The van der Waals surface area contributed by atoms with Crippen LogP contribution in [0.1, 0.15) is 61.6 Å². The molecule has 1 aromatic heterocycles. The zero-order chi connectivity index (χ0) is 19.5. The summed E-state index contributed by atoms with van der Waals surface area (Å²) in [5.41, 5.74) is 1.25. The molecule has 28 heavy (non-hydrogen) atoms. The standard InChI is InChI=1S/C22H29N3O3/c1-2-24(15-17-8-7-13-28-17)21(26)16-10-11-18-19(14-16)23-20-9-5-3-4-6-12-25(20)22(18)27/h10-11,14,17H,2-9,12-13,15H2,1H3/t17-/m0/s1. The Bertz CT molecular complexity index is 915. The number of likely N-dealkylation sites (N-methyl/N-ethyl adjacent to an activating group) is 1. The van der Waals surface area contributed by atoms with Gasteiger partial charge in [-0.25, -0.2) is 4.98 Å². The summed E-state index contributed by atoms with van der Waals surface area (Å²) >= 11 is 0. The van der Waals surface area contributed by atoms with Crippen molar-refractivity contribution in [2.45, 2.75) is 64.5 Å². The van der Waals surface area contributed by atoms with E-state index in [2.05, 4.69) is 0 Å². The third-order valence-electron chi connectivity index (χ3n) is 5.93. The van der Waals surface area contributed by atoms with Crippen LogP contribution in [0, 0.1) is 0 Å². The van der Waals surface area contributed by atoms with Crippen molar-refractivity contribution >= 4 is 16.8 Å². The molecule has 4 rings (SSSR count).